The van der Waals surface area contributed by atoms with E-state index in [2.05, 4.69) is 30.7 Å². The number of nitrogens with one attached hydrogen (secondary N) is 3. The van der Waals surface area contributed by atoms with Crippen molar-refractivity contribution < 1.29 is 14.7 Å². The average Bonchev–Trinajstić information content (AvgIpc) is 3.03. The van der Waals surface area contributed by atoms with Gasteiger partial charge in [-0.2, -0.15) is 15.4 Å². The van der Waals surface area contributed by atoms with E-state index >= 15 is 0 Å². The molecule has 1 aliphatic rings. The minimum atomic E-state index is -1.08. The number of rotatable bonds is 4. The van der Waals surface area contributed by atoms with E-state index in [9.17, 15) is 9.59 Å². The fraction of sp³-hybridized carbons (Fsp3) is 0.364. The Labute approximate surface area is 112 Å². The number of nitrogens with zero attached hydrogens (tertiary/aromatic N) is 3. The number of H-pyrrole nitrogens is 2. The van der Waals surface area contributed by atoms with E-state index in [0.29, 0.717) is 18.7 Å². The Hall–Kier alpha value is -2.71. The molecule has 2 heterocycles. The molecule has 0 unspecified atom stereocenters. The average molecular weight is 276 g/mol. The van der Waals surface area contributed by atoms with Gasteiger partial charge in [0.2, 0.25) is 0 Å². The van der Waals surface area contributed by atoms with E-state index in [0.717, 1.165) is 6.42 Å². The number of aromatic nitrogens is 5. The van der Waals surface area contributed by atoms with Gasteiger partial charge in [0.25, 0.3) is 5.91 Å². The first-order chi connectivity index (χ1) is 9.61. The highest BCUT2D eigenvalue weighted by Crippen LogP contribution is 2.39. The maximum absolute atomic E-state index is 12.0. The molecule has 1 fully saturated rings. The third kappa shape index (κ3) is 1.92. The van der Waals surface area contributed by atoms with Crippen LogP contribution in [0.2, 0.25) is 0 Å². The maximum Gasteiger partial charge on any atom is 0.353 e. The van der Waals surface area contributed by atoms with Gasteiger partial charge in [-0.15, -0.1) is 0 Å². The molecule has 2 aromatic heterocycles. The monoisotopic (exact) mass is 276 g/mol. The molecule has 0 radical (unpaired) electrons. The van der Waals surface area contributed by atoms with Crippen LogP contribution in [0.15, 0.2) is 12.4 Å². The van der Waals surface area contributed by atoms with Crippen LogP contribution >= 0.6 is 0 Å². The van der Waals surface area contributed by atoms with Gasteiger partial charge >= 0.3 is 5.97 Å². The summed E-state index contributed by atoms with van der Waals surface area (Å²) in [6.45, 7) is 0. The predicted molar refractivity (Wildman–Crippen MR) is 64.9 cm³/mol. The van der Waals surface area contributed by atoms with Crippen molar-refractivity contribution in [2.24, 2.45) is 0 Å². The summed E-state index contributed by atoms with van der Waals surface area (Å²) in [5.74, 6) is -0.995. The van der Waals surface area contributed by atoms with Crippen molar-refractivity contribution in [1.82, 2.24) is 30.7 Å². The van der Waals surface area contributed by atoms with Crippen molar-refractivity contribution in [3.63, 3.8) is 0 Å². The van der Waals surface area contributed by atoms with Crippen molar-refractivity contribution >= 4 is 11.9 Å². The lowest BCUT2D eigenvalue weighted by molar-refractivity contribution is 0.0690. The molecule has 9 heteroatoms. The highest BCUT2D eigenvalue weighted by Gasteiger charge is 2.43. The zero-order valence-electron chi connectivity index (χ0n) is 10.4. The summed E-state index contributed by atoms with van der Waals surface area (Å²) in [4.78, 5) is 29.7. The topological polar surface area (TPSA) is 137 Å². The number of amides is 1. The fourth-order valence-electron chi connectivity index (χ4n) is 2.22. The van der Waals surface area contributed by atoms with Gasteiger partial charge in [-0.25, -0.2) is 9.78 Å². The van der Waals surface area contributed by atoms with Crippen LogP contribution in [0, 0.1) is 0 Å². The minimum absolute atomic E-state index is 0.00181. The van der Waals surface area contributed by atoms with Crippen molar-refractivity contribution in [2.45, 2.75) is 24.8 Å². The summed E-state index contributed by atoms with van der Waals surface area (Å²) in [6, 6.07) is 0. The number of carboxylic acid groups (broad SMARTS) is 1. The van der Waals surface area contributed by atoms with Crippen molar-refractivity contribution in [3.05, 3.63) is 29.6 Å². The molecule has 1 saturated carbocycles. The summed E-state index contributed by atoms with van der Waals surface area (Å²) in [6.07, 6.45) is 4.90. The standard InChI is InChI=1S/C11H12N6O3/c18-8(6-5-13-17-16-6)15-11(2-1-3-11)10-12-4-7(14-10)9(19)20/h4-5H,1-3H2,(H,12,14)(H,15,18)(H,19,20)(H,13,16,17). The molecule has 3 rings (SSSR count). The molecule has 4 N–H and O–H groups in total. The second kappa shape index (κ2) is 4.44. The molecule has 0 saturated heterocycles. The second-order valence-electron chi connectivity index (χ2n) is 4.70. The summed E-state index contributed by atoms with van der Waals surface area (Å²) >= 11 is 0. The van der Waals surface area contributed by atoms with Crippen LogP contribution in [0.4, 0.5) is 0 Å². The predicted octanol–water partition coefficient (Wildman–Crippen LogP) is 0.0352. The van der Waals surface area contributed by atoms with Crippen molar-refractivity contribution in [1.29, 1.82) is 0 Å². The number of aromatic carboxylic acids is 1. The number of aromatic amines is 2. The minimum Gasteiger partial charge on any atom is -0.477 e. The largest absolute Gasteiger partial charge is 0.477 e. The first-order valence-corrected chi connectivity index (χ1v) is 6.08. The molecule has 104 valence electrons. The van der Waals surface area contributed by atoms with E-state index in [1.54, 1.807) is 0 Å². The number of hydrogen-bond acceptors (Lipinski definition) is 5. The smallest absolute Gasteiger partial charge is 0.353 e. The Morgan fingerprint density at radius 1 is 1.35 bits per heavy atom. The van der Waals surface area contributed by atoms with Gasteiger partial charge in [-0.3, -0.25) is 4.79 Å². The molecule has 9 nitrogen and oxygen atoms in total. The van der Waals surface area contributed by atoms with E-state index < -0.39 is 11.5 Å². The number of carbonyl (C=O) groups excluding carboxylic acids is 1. The Kier molecular flexibility index (Phi) is 2.74. The lowest BCUT2D eigenvalue weighted by atomic mass is 9.76. The first-order valence-electron chi connectivity index (χ1n) is 6.08. The SMILES string of the molecule is O=C(NC1(c2ncc(C(=O)O)[nH]2)CCC1)c1cn[nH]n1. The van der Waals surface area contributed by atoms with E-state index in [1.807, 2.05) is 0 Å². The Balaban J connectivity index is 1.83. The molecule has 0 spiro atoms. The summed E-state index contributed by atoms with van der Waals surface area (Å²) in [7, 11) is 0. The molecule has 1 aliphatic carbocycles. The molecular weight excluding hydrogens is 264 g/mol. The van der Waals surface area contributed by atoms with Crippen LogP contribution in [0.5, 0.6) is 0 Å². The van der Waals surface area contributed by atoms with Crippen LogP contribution in [-0.4, -0.2) is 42.4 Å². The van der Waals surface area contributed by atoms with Gasteiger partial charge in [0.1, 0.15) is 11.5 Å². The number of imidazole rings is 1. The normalized spacial score (nSPS) is 16.4. The number of hydrogen-bond donors (Lipinski definition) is 4. The first kappa shape index (κ1) is 12.3. The molecular formula is C11H12N6O3. The third-order valence-corrected chi connectivity index (χ3v) is 3.47. The summed E-state index contributed by atoms with van der Waals surface area (Å²) < 4.78 is 0. The van der Waals surface area contributed by atoms with E-state index in [4.69, 9.17) is 5.11 Å². The quantitative estimate of drug-likeness (QED) is 0.622. The Bertz CT molecular complexity index is 643. The van der Waals surface area contributed by atoms with Crippen molar-refractivity contribution in [2.75, 3.05) is 0 Å². The number of carboxylic acids is 1. The van der Waals surface area contributed by atoms with E-state index in [1.165, 1.54) is 12.4 Å². The zero-order chi connectivity index (χ0) is 14.2. The second-order valence-corrected chi connectivity index (χ2v) is 4.70. The van der Waals surface area contributed by atoms with E-state index in [-0.39, 0.29) is 17.3 Å². The van der Waals surface area contributed by atoms with Gasteiger partial charge in [-0.05, 0) is 19.3 Å². The van der Waals surface area contributed by atoms with Crippen molar-refractivity contribution in [3.8, 4) is 0 Å². The fourth-order valence-corrected chi connectivity index (χ4v) is 2.22. The third-order valence-electron chi connectivity index (χ3n) is 3.47. The van der Waals surface area contributed by atoms with Gasteiger partial charge in [-0.1, -0.05) is 0 Å². The Morgan fingerprint density at radius 3 is 2.65 bits per heavy atom. The van der Waals surface area contributed by atoms with Gasteiger partial charge in [0.15, 0.2) is 5.69 Å². The van der Waals surface area contributed by atoms with Gasteiger partial charge in [0.05, 0.1) is 17.9 Å². The molecule has 0 bridgehead atoms. The van der Waals surface area contributed by atoms with Crippen LogP contribution in [0.1, 0.15) is 46.1 Å². The van der Waals surface area contributed by atoms with Crippen LogP contribution in [-0.2, 0) is 5.54 Å². The molecule has 2 aromatic rings. The van der Waals surface area contributed by atoms with Gasteiger partial charge in [0, 0.05) is 0 Å². The van der Waals surface area contributed by atoms with Gasteiger partial charge < -0.3 is 15.4 Å². The van der Waals surface area contributed by atoms with Crippen LogP contribution in [0.25, 0.3) is 0 Å². The zero-order valence-corrected chi connectivity index (χ0v) is 10.4. The maximum atomic E-state index is 12.0. The Morgan fingerprint density at radius 2 is 2.15 bits per heavy atom. The highest BCUT2D eigenvalue weighted by molar-refractivity contribution is 5.92. The molecule has 1 amide bonds. The lowest BCUT2D eigenvalue weighted by Crippen LogP contribution is -2.51. The molecule has 0 aromatic carbocycles. The molecule has 20 heavy (non-hydrogen) atoms. The molecule has 0 aliphatic heterocycles. The molecule has 0 atom stereocenters. The highest BCUT2D eigenvalue weighted by atomic mass is 16.4. The van der Waals surface area contributed by atoms with Crippen LogP contribution < -0.4 is 5.32 Å². The van der Waals surface area contributed by atoms with Crippen LogP contribution in [0.3, 0.4) is 0 Å². The summed E-state index contributed by atoms with van der Waals surface area (Å²) in [5.41, 5.74) is -0.466. The summed E-state index contributed by atoms with van der Waals surface area (Å²) in [5, 5.41) is 21.4. The number of carbonyl (C=O) groups is 2. The lowest BCUT2D eigenvalue weighted by Gasteiger charge is -2.40.